The molecule has 4 nitrogen and oxygen atoms in total. The summed E-state index contributed by atoms with van der Waals surface area (Å²) in [6.07, 6.45) is 12.1. The summed E-state index contributed by atoms with van der Waals surface area (Å²) in [5.74, 6) is 5.16. The third-order valence-corrected chi connectivity index (χ3v) is 8.63. The maximum absolute atomic E-state index is 3.89. The van der Waals surface area contributed by atoms with Crippen molar-refractivity contribution in [1.82, 2.24) is 21.3 Å². The van der Waals surface area contributed by atoms with E-state index in [2.05, 4.69) is 62.8 Å². The summed E-state index contributed by atoms with van der Waals surface area (Å²) in [6.45, 7) is 21.3. The Morgan fingerprint density at radius 3 is 1.27 bits per heavy atom. The van der Waals surface area contributed by atoms with Crippen molar-refractivity contribution in [3.8, 4) is 0 Å². The van der Waals surface area contributed by atoms with Gasteiger partial charge in [-0.15, -0.1) is 0 Å². The Kier molecular flexibility index (Phi) is 14.5. The summed E-state index contributed by atoms with van der Waals surface area (Å²) in [6, 6.07) is 1.48. The van der Waals surface area contributed by atoms with Gasteiger partial charge in [0.05, 0.1) is 0 Å². The SMILES string of the molecule is CC(C)[C@@H]1CC[C@@H](C)CC1NCCCNCCCNCCCNC1C[C@H](C)CC[C@H]1C(C)C. The number of hydrogen-bond acceptors (Lipinski definition) is 4. The van der Waals surface area contributed by atoms with Gasteiger partial charge in [0.2, 0.25) is 0 Å². The largest absolute Gasteiger partial charge is 0.317 e. The minimum atomic E-state index is 0.741. The standard InChI is InChI=1S/C29H60N4/c1-22(2)26-12-10-24(5)20-28(26)32-18-8-16-30-14-7-15-31-17-9-19-33-29-21-25(6)11-13-27(29)23(3)4/h22-33H,7-21H2,1-6H3/t24-,25-,26+,27+,28?,29?/m1/s1. The third-order valence-electron chi connectivity index (χ3n) is 8.63. The van der Waals surface area contributed by atoms with E-state index >= 15 is 0 Å². The van der Waals surface area contributed by atoms with Gasteiger partial charge in [-0.25, -0.2) is 0 Å². The molecule has 4 N–H and O–H groups in total. The molecule has 0 heterocycles. The average molecular weight is 465 g/mol. The molecule has 0 aromatic rings. The van der Waals surface area contributed by atoms with E-state index in [-0.39, 0.29) is 0 Å². The van der Waals surface area contributed by atoms with Gasteiger partial charge < -0.3 is 21.3 Å². The third kappa shape index (κ3) is 11.4. The average Bonchev–Trinajstić information content (AvgIpc) is 2.76. The van der Waals surface area contributed by atoms with Crippen LogP contribution in [0.25, 0.3) is 0 Å². The molecule has 2 aliphatic rings. The van der Waals surface area contributed by atoms with Crippen LogP contribution in [0.3, 0.4) is 0 Å². The molecule has 6 atom stereocenters. The van der Waals surface area contributed by atoms with Crippen LogP contribution in [0, 0.1) is 35.5 Å². The molecule has 2 saturated carbocycles. The highest BCUT2D eigenvalue weighted by Crippen LogP contribution is 2.34. The van der Waals surface area contributed by atoms with Crippen molar-refractivity contribution in [1.29, 1.82) is 0 Å². The second kappa shape index (κ2) is 16.5. The first-order valence-corrected chi connectivity index (χ1v) is 14.8. The Labute approximate surface area is 207 Å². The molecule has 196 valence electrons. The molecule has 0 spiro atoms. The lowest BCUT2D eigenvalue weighted by Crippen LogP contribution is -2.43. The van der Waals surface area contributed by atoms with E-state index in [4.69, 9.17) is 0 Å². The van der Waals surface area contributed by atoms with Crippen LogP contribution in [0.2, 0.25) is 0 Å². The fraction of sp³-hybridized carbons (Fsp3) is 1.00. The molecule has 0 bridgehead atoms. The van der Waals surface area contributed by atoms with Crippen molar-refractivity contribution in [2.24, 2.45) is 35.5 Å². The van der Waals surface area contributed by atoms with Crippen LogP contribution in [-0.4, -0.2) is 51.4 Å². The van der Waals surface area contributed by atoms with Crippen LogP contribution in [0.1, 0.15) is 99.3 Å². The first-order chi connectivity index (χ1) is 15.9. The highest BCUT2D eigenvalue weighted by molar-refractivity contribution is 4.86. The first-order valence-electron chi connectivity index (χ1n) is 14.8. The van der Waals surface area contributed by atoms with Crippen LogP contribution in [0.4, 0.5) is 0 Å². The molecule has 4 heteroatoms. The fourth-order valence-electron chi connectivity index (χ4n) is 6.46. The van der Waals surface area contributed by atoms with Crippen LogP contribution in [0.5, 0.6) is 0 Å². The van der Waals surface area contributed by atoms with E-state index in [1.807, 2.05) is 0 Å². The van der Waals surface area contributed by atoms with Crippen molar-refractivity contribution in [2.75, 3.05) is 39.3 Å². The zero-order chi connectivity index (χ0) is 24.1. The highest BCUT2D eigenvalue weighted by Gasteiger charge is 2.30. The van der Waals surface area contributed by atoms with Crippen molar-refractivity contribution in [2.45, 2.75) is 111 Å². The monoisotopic (exact) mass is 464 g/mol. The Morgan fingerprint density at radius 2 is 0.909 bits per heavy atom. The summed E-state index contributed by atoms with van der Waals surface area (Å²) in [5.41, 5.74) is 0. The fourth-order valence-corrected chi connectivity index (χ4v) is 6.46. The van der Waals surface area contributed by atoms with Gasteiger partial charge in [0.25, 0.3) is 0 Å². The minimum Gasteiger partial charge on any atom is -0.317 e. The summed E-state index contributed by atoms with van der Waals surface area (Å²) in [4.78, 5) is 0. The predicted octanol–water partition coefficient (Wildman–Crippen LogP) is 5.44. The van der Waals surface area contributed by atoms with E-state index in [0.29, 0.717) is 0 Å². The van der Waals surface area contributed by atoms with E-state index in [1.165, 1.54) is 57.8 Å². The lowest BCUT2D eigenvalue weighted by molar-refractivity contribution is 0.170. The van der Waals surface area contributed by atoms with Crippen molar-refractivity contribution < 1.29 is 0 Å². The second-order valence-corrected chi connectivity index (χ2v) is 12.3. The molecule has 2 fully saturated rings. The van der Waals surface area contributed by atoms with Gasteiger partial charge in [-0.05, 0) is 120 Å². The van der Waals surface area contributed by atoms with Gasteiger partial charge >= 0.3 is 0 Å². The molecule has 2 aliphatic carbocycles. The van der Waals surface area contributed by atoms with Gasteiger partial charge in [0.15, 0.2) is 0 Å². The Hall–Kier alpha value is -0.160. The Bertz CT molecular complexity index is 438. The molecule has 0 saturated heterocycles. The molecular formula is C29H60N4. The van der Waals surface area contributed by atoms with E-state index in [0.717, 1.165) is 86.9 Å². The van der Waals surface area contributed by atoms with Crippen LogP contribution >= 0.6 is 0 Å². The van der Waals surface area contributed by atoms with Crippen LogP contribution in [0.15, 0.2) is 0 Å². The predicted molar refractivity (Wildman–Crippen MR) is 146 cm³/mol. The second-order valence-electron chi connectivity index (χ2n) is 12.3. The maximum Gasteiger partial charge on any atom is 0.0100 e. The molecule has 0 aromatic carbocycles. The molecule has 2 rings (SSSR count). The lowest BCUT2D eigenvalue weighted by atomic mass is 9.74. The maximum atomic E-state index is 3.89. The molecule has 0 amide bonds. The van der Waals surface area contributed by atoms with Gasteiger partial charge in [0.1, 0.15) is 0 Å². The van der Waals surface area contributed by atoms with Gasteiger partial charge in [-0.1, -0.05) is 54.4 Å². The molecular weight excluding hydrogens is 404 g/mol. The van der Waals surface area contributed by atoms with E-state index in [9.17, 15) is 0 Å². The molecule has 0 radical (unpaired) electrons. The van der Waals surface area contributed by atoms with E-state index < -0.39 is 0 Å². The van der Waals surface area contributed by atoms with Crippen LogP contribution in [-0.2, 0) is 0 Å². The van der Waals surface area contributed by atoms with Gasteiger partial charge in [-0.2, -0.15) is 0 Å². The summed E-state index contributed by atoms with van der Waals surface area (Å²) < 4.78 is 0. The highest BCUT2D eigenvalue weighted by atomic mass is 14.9. The Balaban J connectivity index is 1.39. The zero-order valence-electron chi connectivity index (χ0n) is 23.2. The topological polar surface area (TPSA) is 48.1 Å². The molecule has 33 heavy (non-hydrogen) atoms. The Morgan fingerprint density at radius 1 is 0.545 bits per heavy atom. The smallest absolute Gasteiger partial charge is 0.0100 e. The normalized spacial score (nSPS) is 30.9. The summed E-state index contributed by atoms with van der Waals surface area (Å²) in [7, 11) is 0. The summed E-state index contributed by atoms with van der Waals surface area (Å²) >= 11 is 0. The lowest BCUT2D eigenvalue weighted by Gasteiger charge is -2.38. The van der Waals surface area contributed by atoms with Crippen LogP contribution < -0.4 is 21.3 Å². The molecule has 0 aromatic heterocycles. The quantitative estimate of drug-likeness (QED) is 0.230. The van der Waals surface area contributed by atoms with Crippen molar-refractivity contribution >= 4 is 0 Å². The minimum absolute atomic E-state index is 0.741. The zero-order valence-corrected chi connectivity index (χ0v) is 23.2. The van der Waals surface area contributed by atoms with Gasteiger partial charge in [0, 0.05) is 12.1 Å². The first kappa shape index (κ1) is 29.1. The summed E-state index contributed by atoms with van der Waals surface area (Å²) in [5, 5.41) is 15.1. The van der Waals surface area contributed by atoms with Crippen molar-refractivity contribution in [3.05, 3.63) is 0 Å². The van der Waals surface area contributed by atoms with Crippen molar-refractivity contribution in [3.63, 3.8) is 0 Å². The number of hydrogen-bond donors (Lipinski definition) is 4. The molecule has 0 aliphatic heterocycles. The number of rotatable bonds is 16. The van der Waals surface area contributed by atoms with Gasteiger partial charge in [-0.3, -0.25) is 0 Å². The number of nitrogens with one attached hydrogen (secondary N) is 4. The van der Waals surface area contributed by atoms with E-state index in [1.54, 1.807) is 0 Å². The molecule has 2 unspecified atom stereocenters.